The number of benzene rings is 2. The van der Waals surface area contributed by atoms with Gasteiger partial charge in [-0.05, 0) is 37.3 Å². The van der Waals surface area contributed by atoms with E-state index in [2.05, 4.69) is 0 Å². The molecule has 0 aromatic heterocycles. The smallest absolute Gasteiger partial charge is 0.338 e. The van der Waals surface area contributed by atoms with Crippen molar-refractivity contribution in [2.24, 2.45) is 0 Å². The van der Waals surface area contributed by atoms with E-state index in [0.717, 1.165) is 6.07 Å². The number of ether oxygens (including phenoxy) is 1. The molecular formula is C16H16N2O6S. The Labute approximate surface area is 144 Å². The number of hydrogen-bond donors (Lipinski definition) is 1. The van der Waals surface area contributed by atoms with Crippen LogP contribution in [0.1, 0.15) is 22.8 Å². The molecule has 2 aromatic rings. The van der Waals surface area contributed by atoms with Crippen molar-refractivity contribution in [3.8, 4) is 0 Å². The molecule has 0 unspecified atom stereocenters. The van der Waals surface area contributed by atoms with Gasteiger partial charge in [0.25, 0.3) is 5.69 Å². The molecule has 132 valence electrons. The van der Waals surface area contributed by atoms with Crippen LogP contribution in [0.15, 0.2) is 47.4 Å². The molecule has 25 heavy (non-hydrogen) atoms. The standard InChI is InChI=1S/C16H16N2O6S/c1-2-24-16(19)11-3-4-12(15(9-11)18(20)21)10-25(22,23)14-7-5-13(17)6-8-14/h3-9H,2,10,17H2,1H3. The van der Waals surface area contributed by atoms with Crippen molar-refractivity contribution in [1.82, 2.24) is 0 Å². The van der Waals surface area contributed by atoms with Crippen LogP contribution in [0.4, 0.5) is 11.4 Å². The third kappa shape index (κ3) is 4.32. The van der Waals surface area contributed by atoms with Gasteiger partial charge in [-0.1, -0.05) is 6.07 Å². The highest BCUT2D eigenvalue weighted by molar-refractivity contribution is 7.90. The molecule has 0 radical (unpaired) electrons. The molecule has 0 bridgehead atoms. The van der Waals surface area contributed by atoms with Gasteiger partial charge < -0.3 is 10.5 Å². The van der Waals surface area contributed by atoms with E-state index >= 15 is 0 Å². The lowest BCUT2D eigenvalue weighted by Crippen LogP contribution is -2.09. The number of sulfone groups is 1. The summed E-state index contributed by atoms with van der Waals surface area (Å²) in [6.45, 7) is 1.74. The second-order valence-corrected chi connectivity index (χ2v) is 7.14. The second kappa shape index (κ2) is 7.31. The summed E-state index contributed by atoms with van der Waals surface area (Å²) in [6, 6.07) is 9.12. The van der Waals surface area contributed by atoms with Gasteiger partial charge in [-0.2, -0.15) is 0 Å². The van der Waals surface area contributed by atoms with E-state index in [9.17, 15) is 23.3 Å². The average molecular weight is 364 g/mol. The van der Waals surface area contributed by atoms with Gasteiger partial charge in [0.2, 0.25) is 0 Å². The zero-order chi connectivity index (χ0) is 18.6. The first-order valence-electron chi connectivity index (χ1n) is 7.27. The van der Waals surface area contributed by atoms with Gasteiger partial charge in [0, 0.05) is 17.3 Å². The number of esters is 1. The summed E-state index contributed by atoms with van der Waals surface area (Å²) in [5.41, 5.74) is 5.45. The lowest BCUT2D eigenvalue weighted by Gasteiger charge is -2.08. The predicted molar refractivity (Wildman–Crippen MR) is 90.8 cm³/mol. The lowest BCUT2D eigenvalue weighted by molar-refractivity contribution is -0.385. The minimum Gasteiger partial charge on any atom is -0.462 e. The summed E-state index contributed by atoms with van der Waals surface area (Å²) in [5.74, 6) is -1.28. The molecule has 0 saturated carbocycles. The van der Waals surface area contributed by atoms with E-state index in [1.54, 1.807) is 6.92 Å². The monoisotopic (exact) mass is 364 g/mol. The molecule has 0 heterocycles. The number of nitrogen functional groups attached to an aromatic ring is 1. The van der Waals surface area contributed by atoms with Gasteiger partial charge in [-0.15, -0.1) is 0 Å². The first-order chi connectivity index (χ1) is 11.7. The summed E-state index contributed by atoms with van der Waals surface area (Å²) in [7, 11) is -3.81. The van der Waals surface area contributed by atoms with E-state index in [4.69, 9.17) is 10.5 Å². The van der Waals surface area contributed by atoms with Gasteiger partial charge in [0.15, 0.2) is 9.84 Å². The molecular weight excluding hydrogens is 348 g/mol. The second-order valence-electron chi connectivity index (χ2n) is 5.15. The van der Waals surface area contributed by atoms with Gasteiger partial charge in [-0.3, -0.25) is 10.1 Å². The Morgan fingerprint density at radius 2 is 1.84 bits per heavy atom. The number of nitro benzene ring substituents is 1. The Hall–Kier alpha value is -2.94. The maximum atomic E-state index is 12.5. The molecule has 2 N–H and O–H groups in total. The maximum Gasteiger partial charge on any atom is 0.338 e. The molecule has 0 amide bonds. The van der Waals surface area contributed by atoms with Crippen molar-refractivity contribution in [2.75, 3.05) is 12.3 Å². The maximum absolute atomic E-state index is 12.5. The zero-order valence-electron chi connectivity index (χ0n) is 13.3. The minimum atomic E-state index is -3.81. The van der Waals surface area contributed by atoms with E-state index < -0.39 is 32.2 Å². The van der Waals surface area contributed by atoms with Gasteiger partial charge >= 0.3 is 5.97 Å². The number of nitro groups is 1. The molecule has 2 rings (SSSR count). The van der Waals surface area contributed by atoms with Crippen LogP contribution in [-0.2, 0) is 20.3 Å². The number of anilines is 1. The Balaban J connectivity index is 2.40. The Bertz CT molecular complexity index is 907. The van der Waals surface area contributed by atoms with Crippen LogP contribution in [0.2, 0.25) is 0 Å². The fraction of sp³-hybridized carbons (Fsp3) is 0.188. The third-order valence-electron chi connectivity index (χ3n) is 3.38. The van der Waals surface area contributed by atoms with Crippen molar-refractivity contribution < 1.29 is 22.9 Å². The van der Waals surface area contributed by atoms with E-state index in [0.29, 0.717) is 5.69 Å². The van der Waals surface area contributed by atoms with Gasteiger partial charge in [0.1, 0.15) is 0 Å². The third-order valence-corrected chi connectivity index (χ3v) is 5.06. The predicted octanol–water partition coefficient (Wildman–Crippen LogP) is 2.33. The molecule has 9 heteroatoms. The molecule has 0 atom stereocenters. The number of carbonyl (C=O) groups excluding carboxylic acids is 1. The van der Waals surface area contributed by atoms with Crippen molar-refractivity contribution in [1.29, 1.82) is 0 Å². The Kier molecular flexibility index (Phi) is 5.38. The molecule has 0 aliphatic carbocycles. The molecule has 0 spiro atoms. The molecule has 2 aromatic carbocycles. The highest BCUT2D eigenvalue weighted by Crippen LogP contribution is 2.26. The fourth-order valence-corrected chi connectivity index (χ4v) is 3.53. The van der Waals surface area contributed by atoms with Crippen molar-refractivity contribution >= 4 is 27.2 Å². The van der Waals surface area contributed by atoms with Crippen molar-refractivity contribution in [2.45, 2.75) is 17.6 Å². The van der Waals surface area contributed by atoms with Crippen molar-refractivity contribution in [3.63, 3.8) is 0 Å². The molecule has 0 aliphatic heterocycles. The molecule has 8 nitrogen and oxygen atoms in total. The van der Waals surface area contributed by atoms with Crippen LogP contribution in [0.3, 0.4) is 0 Å². The van der Waals surface area contributed by atoms with Gasteiger partial charge in [-0.25, -0.2) is 13.2 Å². The molecule has 0 saturated heterocycles. The molecule has 0 aliphatic rings. The quantitative estimate of drug-likeness (QED) is 0.360. The molecule has 0 fully saturated rings. The Morgan fingerprint density at radius 3 is 2.40 bits per heavy atom. The summed E-state index contributed by atoms with van der Waals surface area (Å²) < 4.78 is 29.7. The number of nitrogens with zero attached hydrogens (tertiary/aromatic N) is 1. The SMILES string of the molecule is CCOC(=O)c1ccc(CS(=O)(=O)c2ccc(N)cc2)c([N+](=O)[O-])c1. The fourth-order valence-electron chi connectivity index (χ4n) is 2.16. The van der Waals surface area contributed by atoms with E-state index in [1.165, 1.54) is 36.4 Å². The Morgan fingerprint density at radius 1 is 1.20 bits per heavy atom. The zero-order valence-corrected chi connectivity index (χ0v) is 14.2. The first-order valence-corrected chi connectivity index (χ1v) is 8.92. The number of hydrogen-bond acceptors (Lipinski definition) is 7. The summed E-state index contributed by atoms with van der Waals surface area (Å²) in [4.78, 5) is 22.2. The largest absolute Gasteiger partial charge is 0.462 e. The topological polar surface area (TPSA) is 130 Å². The van der Waals surface area contributed by atoms with Crippen LogP contribution in [0.25, 0.3) is 0 Å². The highest BCUT2D eigenvalue weighted by atomic mass is 32.2. The van der Waals surface area contributed by atoms with Crippen LogP contribution in [-0.4, -0.2) is 25.9 Å². The summed E-state index contributed by atoms with van der Waals surface area (Å²) in [5, 5.41) is 11.3. The van der Waals surface area contributed by atoms with E-state index in [-0.39, 0.29) is 22.6 Å². The summed E-state index contributed by atoms with van der Waals surface area (Å²) >= 11 is 0. The van der Waals surface area contributed by atoms with Crippen LogP contribution >= 0.6 is 0 Å². The number of nitrogens with two attached hydrogens (primary N) is 1. The summed E-state index contributed by atoms with van der Waals surface area (Å²) in [6.07, 6.45) is 0. The first kappa shape index (κ1) is 18.4. The average Bonchev–Trinajstić information content (AvgIpc) is 2.55. The normalized spacial score (nSPS) is 11.1. The van der Waals surface area contributed by atoms with Crippen molar-refractivity contribution in [3.05, 3.63) is 63.7 Å². The minimum absolute atomic E-state index is 0.00506. The number of rotatable bonds is 6. The highest BCUT2D eigenvalue weighted by Gasteiger charge is 2.24. The number of carbonyl (C=O) groups is 1. The van der Waals surface area contributed by atoms with Gasteiger partial charge in [0.05, 0.1) is 27.7 Å². The van der Waals surface area contributed by atoms with Crippen LogP contribution in [0.5, 0.6) is 0 Å². The van der Waals surface area contributed by atoms with Crippen LogP contribution < -0.4 is 5.73 Å². The van der Waals surface area contributed by atoms with Crippen LogP contribution in [0, 0.1) is 10.1 Å². The van der Waals surface area contributed by atoms with E-state index in [1.807, 2.05) is 0 Å². The lowest BCUT2D eigenvalue weighted by atomic mass is 10.1.